The molecule has 0 aliphatic carbocycles. The molecule has 0 spiro atoms. The average molecular weight is 623 g/mol. The molecule has 7 atom stereocenters. The van der Waals surface area contributed by atoms with Crippen LogP contribution in [0.25, 0.3) is 0 Å². The summed E-state index contributed by atoms with van der Waals surface area (Å²) in [6, 6.07) is 0. The van der Waals surface area contributed by atoms with E-state index in [0.29, 0.717) is 37.7 Å². The Bertz CT molecular complexity index is 797. The number of hydrogen-bond acceptors (Lipinski definition) is 7. The summed E-state index contributed by atoms with van der Waals surface area (Å²) in [7, 11) is 0. The first kappa shape index (κ1) is 38.9. The van der Waals surface area contributed by atoms with Crippen molar-refractivity contribution in [2.24, 2.45) is 0 Å². The summed E-state index contributed by atoms with van der Waals surface area (Å²) in [5, 5.41) is 41.6. The Hall–Kier alpha value is -1.25. The summed E-state index contributed by atoms with van der Waals surface area (Å²) in [5.74, 6) is -0.296. The number of carbonyl (C=O) groups excluding carboxylic acids is 1. The van der Waals surface area contributed by atoms with Crippen molar-refractivity contribution in [3.05, 3.63) is 23.8 Å². The Morgan fingerprint density at radius 3 is 2.11 bits per heavy atom. The van der Waals surface area contributed by atoms with E-state index < -0.39 is 24.4 Å². The molecule has 0 amide bonds. The van der Waals surface area contributed by atoms with E-state index in [1.165, 1.54) is 51.4 Å². The molecule has 256 valence electrons. The molecule has 0 aromatic heterocycles. The van der Waals surface area contributed by atoms with Gasteiger partial charge in [-0.1, -0.05) is 96.1 Å². The van der Waals surface area contributed by atoms with Crippen molar-refractivity contribution in [1.29, 1.82) is 0 Å². The van der Waals surface area contributed by atoms with E-state index in [0.717, 1.165) is 64.2 Å². The number of ether oxygens (including phenoxy) is 2. The van der Waals surface area contributed by atoms with Gasteiger partial charge in [0.15, 0.2) is 0 Å². The summed E-state index contributed by atoms with van der Waals surface area (Å²) in [5.41, 5.74) is 0.599. The standard InChI is InChI=1S/C37H66O7/c1-3-4-5-6-7-8-9-10-11-12-16-19-22-33(39)34(40)24-25-35(41)36-26-23-32(44-36)21-18-15-13-14-17-20-31(38)28-30-27-29(2)43-37(30)42/h12,16,27,29,31-36,38-41H,3-11,13-15,17-26,28H2,1-2H3/b16-12-/t29-,31?,32-,33+,34+,35+,36+/m0/s1. The Kier molecular flexibility index (Phi) is 21.2. The van der Waals surface area contributed by atoms with Crippen LogP contribution in [-0.2, 0) is 14.3 Å². The number of carbonyl (C=O) groups is 1. The molecule has 2 aliphatic heterocycles. The van der Waals surface area contributed by atoms with Gasteiger partial charge in [0.1, 0.15) is 6.10 Å². The predicted molar refractivity (Wildman–Crippen MR) is 177 cm³/mol. The SMILES string of the molecule is CCCCCCCCCC/C=C\CC[C@@H](O)[C@H](O)CC[C@@H](O)[C@H]1CC[C@H](CCCCCCCC(O)CC2=C[C@H](C)OC2=O)O1. The molecule has 0 aromatic carbocycles. The molecule has 0 bridgehead atoms. The third-order valence-electron chi connectivity index (χ3n) is 9.30. The first-order valence-electron chi connectivity index (χ1n) is 18.2. The normalized spacial score (nSPS) is 23.2. The zero-order valence-electron chi connectivity index (χ0n) is 28.1. The second-order valence-electron chi connectivity index (χ2n) is 13.5. The van der Waals surface area contributed by atoms with Crippen LogP contribution in [0.4, 0.5) is 0 Å². The maximum atomic E-state index is 11.7. The van der Waals surface area contributed by atoms with Gasteiger partial charge in [-0.05, 0) is 77.2 Å². The molecule has 44 heavy (non-hydrogen) atoms. The predicted octanol–water partition coefficient (Wildman–Crippen LogP) is 7.62. The van der Waals surface area contributed by atoms with Crippen LogP contribution in [0.5, 0.6) is 0 Å². The van der Waals surface area contributed by atoms with Crippen molar-refractivity contribution in [1.82, 2.24) is 0 Å². The average Bonchev–Trinajstić information content (AvgIpc) is 3.60. The minimum absolute atomic E-state index is 0.180. The fourth-order valence-electron chi connectivity index (χ4n) is 6.46. The van der Waals surface area contributed by atoms with Crippen LogP contribution in [0.1, 0.15) is 162 Å². The second kappa shape index (κ2) is 24.0. The van der Waals surface area contributed by atoms with Crippen LogP contribution < -0.4 is 0 Å². The monoisotopic (exact) mass is 622 g/mol. The molecule has 0 radical (unpaired) electrons. The van der Waals surface area contributed by atoms with Crippen molar-refractivity contribution in [3.8, 4) is 0 Å². The second-order valence-corrected chi connectivity index (χ2v) is 13.5. The third kappa shape index (κ3) is 17.4. The molecule has 0 aromatic rings. The smallest absolute Gasteiger partial charge is 0.334 e. The molecule has 2 rings (SSSR count). The number of rotatable bonds is 27. The quantitative estimate of drug-likeness (QED) is 0.0423. The van der Waals surface area contributed by atoms with Crippen molar-refractivity contribution in [3.63, 3.8) is 0 Å². The highest BCUT2D eigenvalue weighted by molar-refractivity contribution is 5.90. The zero-order valence-corrected chi connectivity index (χ0v) is 28.1. The molecule has 1 unspecified atom stereocenters. The van der Waals surface area contributed by atoms with Crippen LogP contribution in [0.2, 0.25) is 0 Å². The summed E-state index contributed by atoms with van der Waals surface area (Å²) in [6.07, 6.45) is 26.3. The van der Waals surface area contributed by atoms with Gasteiger partial charge in [-0.2, -0.15) is 0 Å². The summed E-state index contributed by atoms with van der Waals surface area (Å²) in [6.45, 7) is 4.08. The van der Waals surface area contributed by atoms with Gasteiger partial charge in [0.05, 0.1) is 36.6 Å². The summed E-state index contributed by atoms with van der Waals surface area (Å²) < 4.78 is 11.2. The fourth-order valence-corrected chi connectivity index (χ4v) is 6.46. The molecule has 4 N–H and O–H groups in total. The van der Waals surface area contributed by atoms with E-state index >= 15 is 0 Å². The minimum atomic E-state index is -0.816. The Labute approximate surface area is 268 Å². The molecule has 1 saturated heterocycles. The van der Waals surface area contributed by atoms with Crippen molar-refractivity contribution in [2.75, 3.05) is 0 Å². The van der Waals surface area contributed by atoms with Gasteiger partial charge in [-0.15, -0.1) is 0 Å². The largest absolute Gasteiger partial charge is 0.455 e. The molecule has 2 aliphatic rings. The van der Waals surface area contributed by atoms with Gasteiger partial charge in [0.25, 0.3) is 0 Å². The molecule has 7 heteroatoms. The number of hydrogen-bond donors (Lipinski definition) is 4. The number of aliphatic hydroxyl groups is 4. The van der Waals surface area contributed by atoms with Crippen molar-refractivity contribution in [2.45, 2.75) is 204 Å². The molecular weight excluding hydrogens is 556 g/mol. The van der Waals surface area contributed by atoms with Gasteiger partial charge in [-0.3, -0.25) is 0 Å². The lowest BCUT2D eigenvalue weighted by atomic mass is 9.98. The van der Waals surface area contributed by atoms with Gasteiger partial charge in [0.2, 0.25) is 0 Å². The number of allylic oxidation sites excluding steroid dienone is 2. The molecule has 7 nitrogen and oxygen atoms in total. The van der Waals surface area contributed by atoms with Gasteiger partial charge < -0.3 is 29.9 Å². The lowest BCUT2D eigenvalue weighted by Crippen LogP contribution is -2.31. The lowest BCUT2D eigenvalue weighted by Gasteiger charge is -2.22. The third-order valence-corrected chi connectivity index (χ3v) is 9.30. The maximum Gasteiger partial charge on any atom is 0.334 e. The summed E-state index contributed by atoms with van der Waals surface area (Å²) >= 11 is 0. The Balaban J connectivity index is 1.42. The Morgan fingerprint density at radius 2 is 1.41 bits per heavy atom. The van der Waals surface area contributed by atoms with Crippen LogP contribution in [0, 0.1) is 0 Å². The number of esters is 1. The van der Waals surface area contributed by atoms with E-state index in [-0.39, 0.29) is 24.3 Å². The van der Waals surface area contributed by atoms with Crippen molar-refractivity contribution >= 4 is 5.97 Å². The van der Waals surface area contributed by atoms with Gasteiger partial charge in [-0.25, -0.2) is 4.79 Å². The van der Waals surface area contributed by atoms with E-state index in [4.69, 9.17) is 9.47 Å². The van der Waals surface area contributed by atoms with Gasteiger partial charge in [0, 0.05) is 12.0 Å². The van der Waals surface area contributed by atoms with Crippen LogP contribution in [0.15, 0.2) is 23.8 Å². The topological polar surface area (TPSA) is 116 Å². The number of unbranched alkanes of at least 4 members (excludes halogenated alkanes) is 12. The number of aliphatic hydroxyl groups excluding tert-OH is 4. The van der Waals surface area contributed by atoms with E-state index in [9.17, 15) is 25.2 Å². The molecule has 0 saturated carbocycles. The van der Waals surface area contributed by atoms with E-state index in [1.54, 1.807) is 6.08 Å². The molecule has 2 heterocycles. The molecular formula is C37H66O7. The van der Waals surface area contributed by atoms with Crippen LogP contribution in [-0.4, -0.2) is 69.1 Å². The zero-order chi connectivity index (χ0) is 32.0. The molecule has 1 fully saturated rings. The summed E-state index contributed by atoms with van der Waals surface area (Å²) in [4.78, 5) is 11.7. The first-order chi connectivity index (χ1) is 21.3. The fraction of sp³-hybridized carbons (Fsp3) is 0.865. The minimum Gasteiger partial charge on any atom is -0.455 e. The lowest BCUT2D eigenvalue weighted by molar-refractivity contribution is -0.139. The highest BCUT2D eigenvalue weighted by atomic mass is 16.5. The van der Waals surface area contributed by atoms with E-state index in [1.807, 2.05) is 6.92 Å². The first-order valence-corrected chi connectivity index (χ1v) is 18.2. The highest BCUT2D eigenvalue weighted by Gasteiger charge is 2.31. The van der Waals surface area contributed by atoms with Crippen LogP contribution in [0.3, 0.4) is 0 Å². The Morgan fingerprint density at radius 1 is 0.773 bits per heavy atom. The van der Waals surface area contributed by atoms with Crippen molar-refractivity contribution < 1.29 is 34.7 Å². The number of cyclic esters (lactones) is 1. The highest BCUT2D eigenvalue weighted by Crippen LogP contribution is 2.28. The maximum absolute atomic E-state index is 11.7. The van der Waals surface area contributed by atoms with Crippen LogP contribution >= 0.6 is 0 Å². The van der Waals surface area contributed by atoms with E-state index in [2.05, 4.69) is 19.1 Å². The van der Waals surface area contributed by atoms with Gasteiger partial charge >= 0.3 is 5.97 Å².